The Hall–Kier alpha value is -1.33. The van der Waals surface area contributed by atoms with Crippen molar-refractivity contribution in [2.75, 3.05) is 13.2 Å². The zero-order valence-corrected chi connectivity index (χ0v) is 12.4. The van der Waals surface area contributed by atoms with Gasteiger partial charge in [0.05, 0.1) is 18.1 Å². The fraction of sp³-hybridized carbons (Fsp3) is 0.214. The first-order chi connectivity index (χ1) is 9.24. The average Bonchev–Trinajstić information content (AvgIpc) is 2.72. The SMILES string of the molecule is O=C(c1ccc2c(c1)OCCCO2)c1cc(Br)cs1. The molecule has 0 unspecified atom stereocenters. The summed E-state index contributed by atoms with van der Waals surface area (Å²) in [5.74, 6) is 1.37. The summed E-state index contributed by atoms with van der Waals surface area (Å²) < 4.78 is 12.1. The number of rotatable bonds is 2. The minimum atomic E-state index is 0.00588. The van der Waals surface area contributed by atoms with E-state index in [2.05, 4.69) is 15.9 Å². The average molecular weight is 339 g/mol. The van der Waals surface area contributed by atoms with Crippen LogP contribution in [0.2, 0.25) is 0 Å². The smallest absolute Gasteiger partial charge is 0.203 e. The molecule has 0 N–H and O–H groups in total. The van der Waals surface area contributed by atoms with E-state index >= 15 is 0 Å². The highest BCUT2D eigenvalue weighted by atomic mass is 79.9. The third-order valence-electron chi connectivity index (χ3n) is 2.80. The summed E-state index contributed by atoms with van der Waals surface area (Å²) in [4.78, 5) is 13.0. The molecule has 1 aromatic heterocycles. The van der Waals surface area contributed by atoms with Crippen molar-refractivity contribution in [3.05, 3.63) is 44.6 Å². The van der Waals surface area contributed by atoms with E-state index < -0.39 is 0 Å². The molecule has 0 atom stereocenters. The number of ketones is 1. The summed E-state index contributed by atoms with van der Waals surface area (Å²) in [7, 11) is 0. The zero-order valence-electron chi connectivity index (χ0n) is 10.0. The van der Waals surface area contributed by atoms with Crippen LogP contribution in [0.1, 0.15) is 21.7 Å². The summed E-state index contributed by atoms with van der Waals surface area (Å²) >= 11 is 4.78. The molecule has 2 aromatic rings. The maximum absolute atomic E-state index is 12.3. The van der Waals surface area contributed by atoms with E-state index in [1.165, 1.54) is 11.3 Å². The van der Waals surface area contributed by atoms with Gasteiger partial charge >= 0.3 is 0 Å². The molecule has 0 amide bonds. The lowest BCUT2D eigenvalue weighted by atomic mass is 10.1. The van der Waals surface area contributed by atoms with Crippen molar-refractivity contribution in [2.45, 2.75) is 6.42 Å². The van der Waals surface area contributed by atoms with E-state index in [1.807, 2.05) is 11.4 Å². The van der Waals surface area contributed by atoms with Gasteiger partial charge in [-0.25, -0.2) is 0 Å². The number of hydrogen-bond donors (Lipinski definition) is 0. The summed E-state index contributed by atoms with van der Waals surface area (Å²) in [6.45, 7) is 1.27. The number of carbonyl (C=O) groups is 1. The van der Waals surface area contributed by atoms with Gasteiger partial charge in [-0.2, -0.15) is 0 Å². The molecule has 0 fully saturated rings. The third-order valence-corrected chi connectivity index (χ3v) is 4.49. The van der Waals surface area contributed by atoms with Crippen LogP contribution in [-0.2, 0) is 0 Å². The number of ether oxygens (including phenoxy) is 2. The molecule has 0 aliphatic carbocycles. The summed E-state index contributed by atoms with van der Waals surface area (Å²) in [5, 5.41) is 1.90. The van der Waals surface area contributed by atoms with Gasteiger partial charge in [-0.05, 0) is 40.2 Å². The van der Waals surface area contributed by atoms with E-state index in [0.29, 0.717) is 35.2 Å². The summed E-state index contributed by atoms with van der Waals surface area (Å²) in [5.41, 5.74) is 0.624. The Morgan fingerprint density at radius 3 is 2.68 bits per heavy atom. The van der Waals surface area contributed by atoms with Crippen molar-refractivity contribution < 1.29 is 14.3 Å². The maximum Gasteiger partial charge on any atom is 0.203 e. The fourth-order valence-electron chi connectivity index (χ4n) is 1.88. The van der Waals surface area contributed by atoms with Crippen molar-refractivity contribution in [1.29, 1.82) is 0 Å². The van der Waals surface area contributed by atoms with Gasteiger partial charge in [0.2, 0.25) is 5.78 Å². The molecule has 0 saturated carbocycles. The van der Waals surface area contributed by atoms with Crippen LogP contribution in [0.3, 0.4) is 0 Å². The molecule has 3 rings (SSSR count). The highest BCUT2D eigenvalue weighted by Gasteiger charge is 2.16. The molecular formula is C14H11BrO3S. The van der Waals surface area contributed by atoms with Gasteiger partial charge in [0.25, 0.3) is 0 Å². The molecule has 3 nitrogen and oxygen atoms in total. The van der Waals surface area contributed by atoms with Gasteiger partial charge in [0, 0.05) is 21.8 Å². The normalized spacial score (nSPS) is 13.9. The number of carbonyl (C=O) groups excluding carboxylic acids is 1. The molecular weight excluding hydrogens is 328 g/mol. The second-order valence-electron chi connectivity index (χ2n) is 4.17. The Kier molecular flexibility index (Phi) is 3.57. The van der Waals surface area contributed by atoms with Crippen LogP contribution < -0.4 is 9.47 Å². The maximum atomic E-state index is 12.3. The largest absolute Gasteiger partial charge is 0.490 e. The van der Waals surface area contributed by atoms with E-state index in [9.17, 15) is 4.79 Å². The quantitative estimate of drug-likeness (QED) is 0.779. The second-order valence-corrected chi connectivity index (χ2v) is 6.00. The molecule has 0 saturated heterocycles. The first kappa shape index (κ1) is 12.7. The van der Waals surface area contributed by atoms with Crippen LogP contribution >= 0.6 is 27.3 Å². The zero-order chi connectivity index (χ0) is 13.2. The molecule has 0 bridgehead atoms. The topological polar surface area (TPSA) is 35.5 Å². The van der Waals surface area contributed by atoms with Crippen LogP contribution in [0.5, 0.6) is 11.5 Å². The predicted molar refractivity (Wildman–Crippen MR) is 77.5 cm³/mol. The van der Waals surface area contributed by atoms with E-state index in [0.717, 1.165) is 10.9 Å². The lowest BCUT2D eigenvalue weighted by Gasteiger charge is -2.08. The van der Waals surface area contributed by atoms with Crippen molar-refractivity contribution in [3.8, 4) is 11.5 Å². The Morgan fingerprint density at radius 1 is 1.16 bits per heavy atom. The molecule has 98 valence electrons. The van der Waals surface area contributed by atoms with Crippen molar-refractivity contribution in [1.82, 2.24) is 0 Å². The second kappa shape index (κ2) is 5.35. The Balaban J connectivity index is 1.93. The van der Waals surface area contributed by atoms with Crippen molar-refractivity contribution in [3.63, 3.8) is 0 Å². The highest BCUT2D eigenvalue weighted by molar-refractivity contribution is 9.10. The minimum absolute atomic E-state index is 0.00588. The van der Waals surface area contributed by atoms with Crippen molar-refractivity contribution in [2.24, 2.45) is 0 Å². The molecule has 1 aliphatic heterocycles. The molecule has 19 heavy (non-hydrogen) atoms. The minimum Gasteiger partial charge on any atom is -0.490 e. The van der Waals surface area contributed by atoms with Crippen molar-refractivity contribution >= 4 is 33.0 Å². The third kappa shape index (κ3) is 2.67. The molecule has 0 radical (unpaired) electrons. The Bertz CT molecular complexity index is 621. The molecule has 1 aromatic carbocycles. The molecule has 5 heteroatoms. The molecule has 0 spiro atoms. The fourth-order valence-corrected chi connectivity index (χ4v) is 3.27. The van der Waals surface area contributed by atoms with Gasteiger partial charge in [-0.3, -0.25) is 4.79 Å². The van der Waals surface area contributed by atoms with Crippen LogP contribution in [-0.4, -0.2) is 19.0 Å². The lowest BCUT2D eigenvalue weighted by molar-refractivity contribution is 0.104. The van der Waals surface area contributed by atoms with E-state index in [4.69, 9.17) is 9.47 Å². The van der Waals surface area contributed by atoms with Gasteiger partial charge in [-0.1, -0.05) is 0 Å². The molecule has 2 heterocycles. The van der Waals surface area contributed by atoms with Crippen LogP contribution in [0, 0.1) is 0 Å². The number of benzene rings is 1. The predicted octanol–water partition coefficient (Wildman–Crippen LogP) is 3.90. The first-order valence-electron chi connectivity index (χ1n) is 5.92. The number of thiophene rings is 1. The van der Waals surface area contributed by atoms with E-state index in [-0.39, 0.29) is 5.78 Å². The van der Waals surface area contributed by atoms with Gasteiger partial charge in [0.1, 0.15) is 0 Å². The summed E-state index contributed by atoms with van der Waals surface area (Å²) in [6.07, 6.45) is 0.857. The first-order valence-corrected chi connectivity index (χ1v) is 7.60. The lowest BCUT2D eigenvalue weighted by Crippen LogP contribution is -2.00. The Labute approximate surface area is 123 Å². The number of halogens is 1. The highest BCUT2D eigenvalue weighted by Crippen LogP contribution is 2.32. The molecule has 1 aliphatic rings. The van der Waals surface area contributed by atoms with E-state index in [1.54, 1.807) is 18.2 Å². The monoisotopic (exact) mass is 338 g/mol. The summed E-state index contributed by atoms with van der Waals surface area (Å²) in [6, 6.07) is 7.17. The standard InChI is InChI=1S/C14H11BrO3S/c15-10-7-13(19-8-10)14(16)9-2-3-11-12(6-9)18-5-1-4-17-11/h2-3,6-8H,1,4-5H2. The van der Waals surface area contributed by atoms with Crippen LogP contribution in [0.25, 0.3) is 0 Å². The number of hydrogen-bond acceptors (Lipinski definition) is 4. The number of fused-ring (bicyclic) bond motifs is 1. The van der Waals surface area contributed by atoms with Gasteiger partial charge in [0.15, 0.2) is 11.5 Å². The van der Waals surface area contributed by atoms with Gasteiger partial charge in [-0.15, -0.1) is 11.3 Å². The van der Waals surface area contributed by atoms with Gasteiger partial charge < -0.3 is 9.47 Å². The van der Waals surface area contributed by atoms with Crippen LogP contribution in [0.15, 0.2) is 34.1 Å². The van der Waals surface area contributed by atoms with Crippen LogP contribution in [0.4, 0.5) is 0 Å². The Morgan fingerprint density at radius 2 is 1.95 bits per heavy atom.